The van der Waals surface area contributed by atoms with Gasteiger partial charge in [-0.25, -0.2) is 0 Å². The number of carbonyl (C=O) groups excluding carboxylic acids is 1. The first-order chi connectivity index (χ1) is 8.72. The second-order valence-corrected chi connectivity index (χ2v) is 6.75. The second kappa shape index (κ2) is 4.85. The van der Waals surface area contributed by atoms with E-state index in [1.165, 1.54) is 16.7 Å². The van der Waals surface area contributed by atoms with E-state index in [4.69, 9.17) is 4.52 Å². The third kappa shape index (κ3) is 2.35. The minimum atomic E-state index is 0.110. The van der Waals surface area contributed by atoms with Crippen LogP contribution >= 0.6 is 27.3 Å². The number of aromatic nitrogens is 1. The summed E-state index contributed by atoms with van der Waals surface area (Å²) in [6.07, 6.45) is 2.74. The van der Waals surface area contributed by atoms with E-state index >= 15 is 0 Å². The Morgan fingerprint density at radius 2 is 2.50 bits per heavy atom. The molecule has 3 heterocycles. The molecule has 0 fully saturated rings. The lowest BCUT2D eigenvalue weighted by atomic mass is 10.1. The number of rotatable bonds is 2. The highest BCUT2D eigenvalue weighted by atomic mass is 79.9. The van der Waals surface area contributed by atoms with Crippen molar-refractivity contribution in [3.8, 4) is 0 Å². The molecule has 0 unspecified atom stereocenters. The van der Waals surface area contributed by atoms with Crippen molar-refractivity contribution in [1.29, 1.82) is 0 Å². The van der Waals surface area contributed by atoms with Crippen molar-refractivity contribution in [2.24, 2.45) is 0 Å². The Bertz CT molecular complexity index is 565. The standard InChI is InChI=1S/C12H11BrN2O2S/c13-11-5-8-1-3-15(7-10(8)18-11)12(16)6-9-2-4-17-14-9/h2,4-5H,1,3,6-7H2. The highest BCUT2D eigenvalue weighted by Crippen LogP contribution is 2.31. The van der Waals surface area contributed by atoms with Crippen molar-refractivity contribution in [2.75, 3.05) is 6.54 Å². The number of nitrogens with zero attached hydrogens (tertiary/aromatic N) is 2. The summed E-state index contributed by atoms with van der Waals surface area (Å²) in [5.41, 5.74) is 2.05. The van der Waals surface area contributed by atoms with Crippen molar-refractivity contribution in [2.45, 2.75) is 19.4 Å². The van der Waals surface area contributed by atoms with Gasteiger partial charge in [-0.15, -0.1) is 11.3 Å². The molecule has 0 radical (unpaired) electrons. The van der Waals surface area contributed by atoms with Gasteiger partial charge in [0, 0.05) is 17.5 Å². The average Bonchev–Trinajstić information content (AvgIpc) is 2.95. The predicted molar refractivity (Wildman–Crippen MR) is 71.3 cm³/mol. The molecule has 1 aliphatic rings. The molecule has 0 bridgehead atoms. The predicted octanol–water partition coefficient (Wildman–Crippen LogP) is 2.63. The maximum Gasteiger partial charge on any atom is 0.229 e. The number of amides is 1. The summed E-state index contributed by atoms with van der Waals surface area (Å²) < 4.78 is 5.87. The average molecular weight is 327 g/mol. The van der Waals surface area contributed by atoms with Gasteiger partial charge in [0.25, 0.3) is 0 Å². The topological polar surface area (TPSA) is 46.3 Å². The summed E-state index contributed by atoms with van der Waals surface area (Å²) in [4.78, 5) is 15.3. The van der Waals surface area contributed by atoms with Crippen molar-refractivity contribution in [3.05, 3.63) is 38.3 Å². The normalized spacial score (nSPS) is 14.6. The van der Waals surface area contributed by atoms with Gasteiger partial charge in [0.2, 0.25) is 5.91 Å². The first-order valence-electron chi connectivity index (χ1n) is 5.66. The van der Waals surface area contributed by atoms with Crippen LogP contribution in [-0.4, -0.2) is 22.5 Å². The van der Waals surface area contributed by atoms with E-state index in [0.29, 0.717) is 18.7 Å². The van der Waals surface area contributed by atoms with Crippen LogP contribution in [0, 0.1) is 0 Å². The SMILES string of the molecule is O=C(Cc1ccon1)N1CCc2cc(Br)sc2C1. The molecule has 0 atom stereocenters. The van der Waals surface area contributed by atoms with Gasteiger partial charge in [-0.3, -0.25) is 4.79 Å². The van der Waals surface area contributed by atoms with E-state index in [1.54, 1.807) is 17.4 Å². The van der Waals surface area contributed by atoms with Crippen LogP contribution < -0.4 is 0 Å². The van der Waals surface area contributed by atoms with Crippen LogP contribution in [0.4, 0.5) is 0 Å². The first kappa shape index (κ1) is 11.9. The molecule has 94 valence electrons. The van der Waals surface area contributed by atoms with Crippen molar-refractivity contribution in [1.82, 2.24) is 10.1 Å². The zero-order valence-electron chi connectivity index (χ0n) is 9.56. The Hall–Kier alpha value is -1.14. The highest BCUT2D eigenvalue weighted by molar-refractivity contribution is 9.11. The molecule has 0 aliphatic carbocycles. The van der Waals surface area contributed by atoms with E-state index in [2.05, 4.69) is 27.2 Å². The van der Waals surface area contributed by atoms with Crippen LogP contribution in [0.3, 0.4) is 0 Å². The smallest absolute Gasteiger partial charge is 0.229 e. The number of hydrogen-bond acceptors (Lipinski definition) is 4. The fraction of sp³-hybridized carbons (Fsp3) is 0.333. The Labute approximate surface area is 117 Å². The minimum Gasteiger partial charge on any atom is -0.364 e. The van der Waals surface area contributed by atoms with Crippen LogP contribution in [0.2, 0.25) is 0 Å². The fourth-order valence-corrected chi connectivity index (χ4v) is 3.90. The molecule has 0 spiro atoms. The molecule has 3 rings (SSSR count). The molecular weight excluding hydrogens is 316 g/mol. The van der Waals surface area contributed by atoms with Gasteiger partial charge in [-0.05, 0) is 34.0 Å². The molecule has 18 heavy (non-hydrogen) atoms. The molecule has 0 saturated heterocycles. The lowest BCUT2D eigenvalue weighted by Crippen LogP contribution is -2.36. The monoisotopic (exact) mass is 326 g/mol. The molecule has 0 aromatic carbocycles. The van der Waals surface area contributed by atoms with Crippen LogP contribution in [0.25, 0.3) is 0 Å². The Morgan fingerprint density at radius 3 is 3.28 bits per heavy atom. The van der Waals surface area contributed by atoms with E-state index in [9.17, 15) is 4.79 Å². The summed E-state index contributed by atoms with van der Waals surface area (Å²) in [5.74, 6) is 0.110. The highest BCUT2D eigenvalue weighted by Gasteiger charge is 2.23. The van der Waals surface area contributed by atoms with E-state index in [-0.39, 0.29) is 5.91 Å². The van der Waals surface area contributed by atoms with E-state index in [0.717, 1.165) is 16.8 Å². The van der Waals surface area contributed by atoms with Gasteiger partial charge in [0.15, 0.2) is 0 Å². The second-order valence-electron chi connectivity index (χ2n) is 4.23. The summed E-state index contributed by atoms with van der Waals surface area (Å²) >= 11 is 5.20. The molecule has 2 aromatic rings. The van der Waals surface area contributed by atoms with Crippen LogP contribution in [0.1, 0.15) is 16.1 Å². The first-order valence-corrected chi connectivity index (χ1v) is 7.27. The molecule has 1 amide bonds. The third-order valence-corrected chi connectivity index (χ3v) is 4.69. The molecule has 0 N–H and O–H groups in total. The molecule has 4 nitrogen and oxygen atoms in total. The number of thiophene rings is 1. The summed E-state index contributed by atoms with van der Waals surface area (Å²) in [5, 5.41) is 3.77. The van der Waals surface area contributed by atoms with Gasteiger partial charge in [0.05, 0.1) is 22.4 Å². The van der Waals surface area contributed by atoms with Gasteiger partial charge in [0.1, 0.15) is 6.26 Å². The lowest BCUT2D eigenvalue weighted by molar-refractivity contribution is -0.131. The van der Waals surface area contributed by atoms with Crippen LogP contribution in [0.5, 0.6) is 0 Å². The van der Waals surface area contributed by atoms with E-state index < -0.39 is 0 Å². The number of hydrogen-bond donors (Lipinski definition) is 0. The molecule has 6 heteroatoms. The van der Waals surface area contributed by atoms with Gasteiger partial charge in [-0.1, -0.05) is 5.16 Å². The quantitative estimate of drug-likeness (QED) is 0.852. The van der Waals surface area contributed by atoms with Crippen molar-refractivity contribution < 1.29 is 9.32 Å². The Kier molecular flexibility index (Phi) is 3.22. The van der Waals surface area contributed by atoms with Gasteiger partial charge < -0.3 is 9.42 Å². The molecule has 2 aromatic heterocycles. The number of carbonyl (C=O) groups is 1. The molecule has 0 saturated carbocycles. The minimum absolute atomic E-state index is 0.110. The molecule has 1 aliphatic heterocycles. The number of fused-ring (bicyclic) bond motifs is 1. The van der Waals surface area contributed by atoms with Gasteiger partial charge in [-0.2, -0.15) is 0 Å². The largest absolute Gasteiger partial charge is 0.364 e. The van der Waals surface area contributed by atoms with E-state index in [1.807, 2.05) is 4.90 Å². The Morgan fingerprint density at radius 1 is 1.61 bits per heavy atom. The van der Waals surface area contributed by atoms with Crippen LogP contribution in [0.15, 0.2) is 26.7 Å². The third-order valence-electron chi connectivity index (χ3n) is 3.03. The van der Waals surface area contributed by atoms with Crippen LogP contribution in [-0.2, 0) is 24.2 Å². The maximum atomic E-state index is 12.1. The molecular formula is C12H11BrN2O2S. The maximum absolute atomic E-state index is 12.1. The zero-order valence-corrected chi connectivity index (χ0v) is 12.0. The Balaban J connectivity index is 1.70. The van der Waals surface area contributed by atoms with Crippen molar-refractivity contribution in [3.63, 3.8) is 0 Å². The lowest BCUT2D eigenvalue weighted by Gasteiger charge is -2.26. The summed E-state index contributed by atoms with van der Waals surface area (Å²) in [6.45, 7) is 1.50. The summed E-state index contributed by atoms with van der Waals surface area (Å²) in [6, 6.07) is 3.88. The number of halogens is 1. The fourth-order valence-electron chi connectivity index (χ4n) is 2.09. The summed E-state index contributed by atoms with van der Waals surface area (Å²) in [7, 11) is 0. The van der Waals surface area contributed by atoms with Gasteiger partial charge >= 0.3 is 0 Å². The zero-order chi connectivity index (χ0) is 12.5. The van der Waals surface area contributed by atoms with Crippen molar-refractivity contribution >= 4 is 33.2 Å².